The standard InChI is InChI=1S/C19H29BO3/c1-18(2)19(3,4)23-20(22-18)14-10-5-6-11-15-21-16-17-12-8-7-9-13-17/h7-10,12-14H,5-6,11,15-16H2,1-4H3. The zero-order chi connectivity index (χ0) is 16.8. The Morgan fingerprint density at radius 1 is 1.00 bits per heavy atom. The molecule has 1 saturated heterocycles. The summed E-state index contributed by atoms with van der Waals surface area (Å²) in [5.74, 6) is 2.03. The van der Waals surface area contributed by atoms with Crippen molar-refractivity contribution >= 4 is 7.12 Å². The molecule has 0 amide bonds. The van der Waals surface area contributed by atoms with E-state index in [1.807, 2.05) is 24.2 Å². The average molecular weight is 316 g/mol. The fraction of sp³-hybridized carbons (Fsp3) is 0.579. The third-order valence-electron chi connectivity index (χ3n) is 4.59. The third-order valence-corrected chi connectivity index (χ3v) is 4.59. The van der Waals surface area contributed by atoms with E-state index in [0.717, 1.165) is 25.9 Å². The largest absolute Gasteiger partial charge is 0.486 e. The second-order valence-corrected chi connectivity index (χ2v) is 7.09. The predicted octanol–water partition coefficient (Wildman–Crippen LogP) is 4.56. The van der Waals surface area contributed by atoms with Crippen LogP contribution in [-0.2, 0) is 20.7 Å². The van der Waals surface area contributed by atoms with Gasteiger partial charge in [-0.15, -0.1) is 0 Å². The molecule has 1 aliphatic heterocycles. The summed E-state index contributed by atoms with van der Waals surface area (Å²) in [6.45, 7) is 9.80. The maximum absolute atomic E-state index is 5.92. The van der Waals surface area contributed by atoms with Gasteiger partial charge in [-0.2, -0.15) is 0 Å². The van der Waals surface area contributed by atoms with Gasteiger partial charge in [0.1, 0.15) is 0 Å². The molecule has 126 valence electrons. The van der Waals surface area contributed by atoms with Crippen LogP contribution in [0, 0.1) is 0 Å². The van der Waals surface area contributed by atoms with Crippen LogP contribution in [0.5, 0.6) is 0 Å². The molecule has 1 aromatic carbocycles. The Morgan fingerprint density at radius 2 is 1.65 bits per heavy atom. The highest BCUT2D eigenvalue weighted by Crippen LogP contribution is 2.36. The summed E-state index contributed by atoms with van der Waals surface area (Å²) in [6, 6.07) is 10.3. The highest BCUT2D eigenvalue weighted by Gasteiger charge is 2.49. The predicted molar refractivity (Wildman–Crippen MR) is 95.2 cm³/mol. The molecule has 23 heavy (non-hydrogen) atoms. The molecule has 0 radical (unpaired) electrons. The zero-order valence-electron chi connectivity index (χ0n) is 14.9. The van der Waals surface area contributed by atoms with E-state index in [9.17, 15) is 0 Å². The quantitative estimate of drug-likeness (QED) is 0.520. The van der Waals surface area contributed by atoms with E-state index in [0.29, 0.717) is 6.61 Å². The minimum absolute atomic E-state index is 0.227. The Labute approximate surface area is 141 Å². The molecule has 0 saturated carbocycles. The lowest BCUT2D eigenvalue weighted by Crippen LogP contribution is -2.41. The van der Waals surface area contributed by atoms with Crippen LogP contribution in [0.4, 0.5) is 0 Å². The molecule has 1 aromatic rings. The first kappa shape index (κ1) is 18.2. The molecule has 2 rings (SSSR count). The van der Waals surface area contributed by atoms with Gasteiger partial charge in [-0.1, -0.05) is 42.4 Å². The van der Waals surface area contributed by atoms with Gasteiger partial charge in [0.25, 0.3) is 0 Å². The molecule has 0 spiro atoms. The van der Waals surface area contributed by atoms with Crippen LogP contribution < -0.4 is 0 Å². The van der Waals surface area contributed by atoms with Crippen molar-refractivity contribution in [3.05, 3.63) is 47.9 Å². The Kier molecular flexibility index (Phi) is 6.46. The van der Waals surface area contributed by atoms with Gasteiger partial charge >= 0.3 is 7.12 Å². The van der Waals surface area contributed by atoms with Gasteiger partial charge in [-0.3, -0.25) is 0 Å². The van der Waals surface area contributed by atoms with Gasteiger partial charge in [0, 0.05) is 6.61 Å². The number of benzene rings is 1. The summed E-state index contributed by atoms with van der Waals surface area (Å²) in [6.07, 6.45) is 5.36. The first-order valence-electron chi connectivity index (χ1n) is 8.55. The molecule has 0 unspecified atom stereocenters. The lowest BCUT2D eigenvalue weighted by molar-refractivity contribution is 0.00578. The van der Waals surface area contributed by atoms with E-state index in [4.69, 9.17) is 14.0 Å². The first-order chi connectivity index (χ1) is 10.9. The number of hydrogen-bond donors (Lipinski definition) is 0. The number of ether oxygens (including phenoxy) is 1. The van der Waals surface area contributed by atoms with E-state index >= 15 is 0 Å². The minimum atomic E-state index is -0.257. The first-order valence-corrected chi connectivity index (χ1v) is 8.55. The van der Waals surface area contributed by atoms with Gasteiger partial charge in [0.05, 0.1) is 17.8 Å². The molecule has 0 bridgehead atoms. The molecular formula is C19H29BO3. The molecule has 4 heteroatoms. The summed E-state index contributed by atoms with van der Waals surface area (Å²) in [5, 5.41) is 0. The molecule has 1 fully saturated rings. The number of unbranched alkanes of at least 4 members (excludes halogenated alkanes) is 2. The molecule has 3 nitrogen and oxygen atoms in total. The summed E-state index contributed by atoms with van der Waals surface area (Å²) in [4.78, 5) is 0. The fourth-order valence-corrected chi connectivity index (χ4v) is 2.41. The number of allylic oxidation sites excluding steroid dienone is 1. The van der Waals surface area contributed by atoms with E-state index in [1.165, 1.54) is 5.56 Å². The molecular weight excluding hydrogens is 287 g/mol. The highest BCUT2D eigenvalue weighted by molar-refractivity contribution is 6.51. The molecule has 0 atom stereocenters. The normalized spacial score (nSPS) is 19.6. The van der Waals surface area contributed by atoms with Crippen molar-refractivity contribution in [2.45, 2.75) is 64.8 Å². The van der Waals surface area contributed by atoms with Crippen LogP contribution in [-0.4, -0.2) is 24.9 Å². The van der Waals surface area contributed by atoms with Crippen molar-refractivity contribution in [3.8, 4) is 0 Å². The van der Waals surface area contributed by atoms with Crippen molar-refractivity contribution < 1.29 is 14.0 Å². The minimum Gasteiger partial charge on any atom is -0.400 e. The highest BCUT2D eigenvalue weighted by atomic mass is 16.7. The van der Waals surface area contributed by atoms with Gasteiger partial charge in [0.2, 0.25) is 0 Å². The van der Waals surface area contributed by atoms with Gasteiger partial charge in [-0.25, -0.2) is 0 Å². The Morgan fingerprint density at radius 3 is 2.30 bits per heavy atom. The molecule has 0 aliphatic carbocycles. The van der Waals surface area contributed by atoms with Crippen molar-refractivity contribution in [1.82, 2.24) is 0 Å². The lowest BCUT2D eigenvalue weighted by atomic mass is 9.89. The van der Waals surface area contributed by atoms with Crippen LogP contribution in [0.15, 0.2) is 42.4 Å². The molecule has 0 aromatic heterocycles. The summed E-state index contributed by atoms with van der Waals surface area (Å²) < 4.78 is 17.5. The molecule has 1 heterocycles. The van der Waals surface area contributed by atoms with E-state index in [-0.39, 0.29) is 18.3 Å². The van der Waals surface area contributed by atoms with Crippen molar-refractivity contribution in [2.24, 2.45) is 0 Å². The Hall–Kier alpha value is -1.10. The third kappa shape index (κ3) is 5.49. The van der Waals surface area contributed by atoms with Crippen molar-refractivity contribution in [1.29, 1.82) is 0 Å². The van der Waals surface area contributed by atoms with Crippen LogP contribution in [0.3, 0.4) is 0 Å². The zero-order valence-corrected chi connectivity index (χ0v) is 14.9. The van der Waals surface area contributed by atoms with Crippen molar-refractivity contribution in [3.63, 3.8) is 0 Å². The maximum Gasteiger partial charge on any atom is 0.486 e. The van der Waals surface area contributed by atoms with Crippen LogP contribution in [0.2, 0.25) is 0 Å². The number of rotatable bonds is 8. The maximum atomic E-state index is 5.92. The van der Waals surface area contributed by atoms with Crippen LogP contribution in [0.1, 0.15) is 52.5 Å². The summed E-state index contributed by atoms with van der Waals surface area (Å²) >= 11 is 0. The number of hydrogen-bond acceptors (Lipinski definition) is 3. The van der Waals surface area contributed by atoms with Crippen molar-refractivity contribution in [2.75, 3.05) is 6.61 Å². The SMILES string of the molecule is CC1(C)OB(C=CCCCCOCc2ccccc2)OC1(C)C. The van der Waals surface area contributed by atoms with E-state index in [1.54, 1.807) is 0 Å². The van der Waals surface area contributed by atoms with Gasteiger partial charge in [-0.05, 0) is 52.5 Å². The summed E-state index contributed by atoms with van der Waals surface area (Å²) in [7, 11) is -0.227. The second-order valence-electron chi connectivity index (χ2n) is 7.09. The second kappa shape index (κ2) is 8.14. The van der Waals surface area contributed by atoms with Gasteiger partial charge < -0.3 is 14.0 Å². The van der Waals surface area contributed by atoms with E-state index < -0.39 is 0 Å². The molecule has 0 N–H and O–H groups in total. The van der Waals surface area contributed by atoms with Crippen LogP contribution >= 0.6 is 0 Å². The topological polar surface area (TPSA) is 27.7 Å². The van der Waals surface area contributed by atoms with Crippen LogP contribution in [0.25, 0.3) is 0 Å². The Bertz CT molecular complexity index is 481. The van der Waals surface area contributed by atoms with E-state index in [2.05, 4.69) is 45.9 Å². The summed E-state index contributed by atoms with van der Waals surface area (Å²) in [5.41, 5.74) is 0.716. The fourth-order valence-electron chi connectivity index (χ4n) is 2.41. The average Bonchev–Trinajstić information content (AvgIpc) is 2.70. The molecule has 1 aliphatic rings. The lowest BCUT2D eigenvalue weighted by Gasteiger charge is -2.32. The monoisotopic (exact) mass is 316 g/mol. The van der Waals surface area contributed by atoms with Gasteiger partial charge in [0.15, 0.2) is 0 Å². The smallest absolute Gasteiger partial charge is 0.400 e. The Balaban J connectivity index is 1.54.